The van der Waals surface area contributed by atoms with Crippen LogP contribution in [0, 0.1) is 0 Å². The average Bonchev–Trinajstić information content (AvgIpc) is 2.55. The predicted octanol–water partition coefficient (Wildman–Crippen LogP) is 3.71. The van der Waals surface area contributed by atoms with Crippen molar-refractivity contribution in [1.29, 1.82) is 0 Å². The highest BCUT2D eigenvalue weighted by molar-refractivity contribution is 7.92. The van der Waals surface area contributed by atoms with E-state index in [2.05, 4.69) is 17.0 Å². The minimum Gasteiger partial charge on any atom is -0.492 e. The summed E-state index contributed by atoms with van der Waals surface area (Å²) in [7, 11) is -3.59. The second-order valence-corrected chi connectivity index (χ2v) is 6.67. The Morgan fingerprint density at radius 1 is 1.04 bits per heavy atom. The van der Waals surface area contributed by atoms with E-state index in [0.29, 0.717) is 18.0 Å². The summed E-state index contributed by atoms with van der Waals surface area (Å²) in [5.41, 5.74) is 1.28. The molecule has 0 unspecified atom stereocenters. The first kappa shape index (κ1) is 17.1. The van der Waals surface area contributed by atoms with Gasteiger partial charge >= 0.3 is 0 Å². The maximum absolute atomic E-state index is 12.4. The third kappa shape index (κ3) is 4.63. The minimum absolute atomic E-state index is 0.233. The van der Waals surface area contributed by atoms with Gasteiger partial charge in [0.1, 0.15) is 5.75 Å². The van der Waals surface area contributed by atoms with Crippen LogP contribution in [0.1, 0.15) is 20.3 Å². The summed E-state index contributed by atoms with van der Waals surface area (Å²) in [5.74, 6) is 0.712. The molecule has 0 bridgehead atoms. The summed E-state index contributed by atoms with van der Waals surface area (Å²) in [6, 6.07) is 13.5. The predicted molar refractivity (Wildman–Crippen MR) is 93.6 cm³/mol. The molecule has 0 fully saturated rings. The lowest BCUT2D eigenvalue weighted by atomic mass is 10.2. The second-order valence-electron chi connectivity index (χ2n) is 4.99. The van der Waals surface area contributed by atoms with E-state index >= 15 is 0 Å². The van der Waals surface area contributed by atoms with E-state index in [1.54, 1.807) is 48.5 Å². The SMILES string of the molecule is CCCNc1cc(NS(=O)(=O)c2ccccc2)ccc1OCC. The van der Waals surface area contributed by atoms with Crippen LogP contribution in [-0.4, -0.2) is 21.6 Å². The molecule has 23 heavy (non-hydrogen) atoms. The van der Waals surface area contributed by atoms with E-state index in [1.165, 1.54) is 0 Å². The number of nitrogens with one attached hydrogen (secondary N) is 2. The van der Waals surface area contributed by atoms with Gasteiger partial charge in [-0.2, -0.15) is 0 Å². The van der Waals surface area contributed by atoms with Gasteiger partial charge in [-0.1, -0.05) is 25.1 Å². The van der Waals surface area contributed by atoms with Gasteiger partial charge in [-0.05, 0) is 43.7 Å². The Balaban J connectivity index is 2.26. The van der Waals surface area contributed by atoms with Gasteiger partial charge in [0.05, 0.1) is 22.9 Å². The zero-order chi connectivity index (χ0) is 16.7. The largest absolute Gasteiger partial charge is 0.492 e. The van der Waals surface area contributed by atoms with Gasteiger partial charge in [0.15, 0.2) is 0 Å². The van der Waals surface area contributed by atoms with E-state index in [1.807, 2.05) is 6.92 Å². The number of rotatable bonds is 8. The molecule has 124 valence electrons. The Morgan fingerprint density at radius 2 is 1.78 bits per heavy atom. The maximum atomic E-state index is 12.4. The molecule has 0 amide bonds. The molecule has 0 saturated carbocycles. The van der Waals surface area contributed by atoms with Crippen LogP contribution in [-0.2, 0) is 10.0 Å². The van der Waals surface area contributed by atoms with Crippen LogP contribution < -0.4 is 14.8 Å². The molecule has 0 aliphatic carbocycles. The topological polar surface area (TPSA) is 67.4 Å². The van der Waals surface area contributed by atoms with Crippen molar-refractivity contribution in [3.8, 4) is 5.75 Å². The third-order valence-corrected chi connectivity index (χ3v) is 4.55. The van der Waals surface area contributed by atoms with Crippen molar-refractivity contribution in [2.24, 2.45) is 0 Å². The molecule has 0 aliphatic heterocycles. The number of sulfonamides is 1. The fourth-order valence-corrected chi connectivity index (χ4v) is 3.16. The van der Waals surface area contributed by atoms with Crippen molar-refractivity contribution in [1.82, 2.24) is 0 Å². The average molecular weight is 334 g/mol. The van der Waals surface area contributed by atoms with Gasteiger partial charge in [-0.15, -0.1) is 0 Å². The molecule has 2 rings (SSSR count). The van der Waals surface area contributed by atoms with Crippen molar-refractivity contribution < 1.29 is 13.2 Å². The zero-order valence-electron chi connectivity index (χ0n) is 13.4. The molecule has 0 aromatic heterocycles. The minimum atomic E-state index is -3.59. The van der Waals surface area contributed by atoms with Crippen LogP contribution in [0.25, 0.3) is 0 Å². The summed E-state index contributed by atoms with van der Waals surface area (Å²) >= 11 is 0. The monoisotopic (exact) mass is 334 g/mol. The number of anilines is 2. The quantitative estimate of drug-likeness (QED) is 0.772. The van der Waals surface area contributed by atoms with Gasteiger partial charge in [-0.3, -0.25) is 4.72 Å². The molecule has 6 heteroatoms. The molecule has 2 N–H and O–H groups in total. The molecular formula is C17H22N2O3S. The van der Waals surface area contributed by atoms with Crippen LogP contribution in [0.2, 0.25) is 0 Å². The molecule has 0 spiro atoms. The van der Waals surface area contributed by atoms with Crippen LogP contribution >= 0.6 is 0 Å². The molecule has 0 aliphatic rings. The summed E-state index contributed by atoms with van der Waals surface area (Å²) in [4.78, 5) is 0.233. The molecule has 0 heterocycles. The van der Waals surface area contributed by atoms with E-state index in [0.717, 1.165) is 18.7 Å². The lowest BCUT2D eigenvalue weighted by Gasteiger charge is -2.15. The van der Waals surface area contributed by atoms with Crippen molar-refractivity contribution >= 4 is 21.4 Å². The summed E-state index contributed by atoms with van der Waals surface area (Å²) in [6.45, 7) is 5.32. The van der Waals surface area contributed by atoms with E-state index < -0.39 is 10.0 Å². The third-order valence-electron chi connectivity index (χ3n) is 3.15. The van der Waals surface area contributed by atoms with E-state index in [4.69, 9.17) is 4.74 Å². The molecule has 0 atom stereocenters. The number of hydrogen-bond acceptors (Lipinski definition) is 4. The van der Waals surface area contributed by atoms with Gasteiger partial charge in [0.2, 0.25) is 0 Å². The normalized spacial score (nSPS) is 11.0. The highest BCUT2D eigenvalue weighted by Crippen LogP contribution is 2.29. The maximum Gasteiger partial charge on any atom is 0.261 e. The Bertz CT molecular complexity index is 731. The molecule has 2 aromatic carbocycles. The fourth-order valence-electron chi connectivity index (χ4n) is 2.09. The van der Waals surface area contributed by atoms with Crippen molar-refractivity contribution in [2.75, 3.05) is 23.2 Å². The van der Waals surface area contributed by atoms with Crippen molar-refractivity contribution in [3.63, 3.8) is 0 Å². The fraction of sp³-hybridized carbons (Fsp3) is 0.294. The lowest BCUT2D eigenvalue weighted by Crippen LogP contribution is -2.13. The molecule has 0 radical (unpaired) electrons. The first-order valence-corrected chi connectivity index (χ1v) is 9.13. The van der Waals surface area contributed by atoms with E-state index in [-0.39, 0.29) is 4.90 Å². The van der Waals surface area contributed by atoms with E-state index in [9.17, 15) is 8.42 Å². The van der Waals surface area contributed by atoms with Crippen molar-refractivity contribution in [3.05, 3.63) is 48.5 Å². The van der Waals surface area contributed by atoms with Crippen LogP contribution in [0.3, 0.4) is 0 Å². The van der Waals surface area contributed by atoms with Crippen LogP contribution in [0.5, 0.6) is 5.75 Å². The standard InChI is InChI=1S/C17H22N2O3S/c1-3-12-18-16-13-14(10-11-17(16)22-4-2)19-23(20,21)15-8-6-5-7-9-15/h5-11,13,18-19H,3-4,12H2,1-2H3. The van der Waals surface area contributed by atoms with Crippen LogP contribution in [0.4, 0.5) is 11.4 Å². The first-order valence-electron chi connectivity index (χ1n) is 7.65. The molecule has 2 aromatic rings. The summed E-state index contributed by atoms with van der Waals surface area (Å²) in [6.07, 6.45) is 0.964. The molecule has 0 saturated heterocycles. The number of hydrogen-bond donors (Lipinski definition) is 2. The number of benzene rings is 2. The molecular weight excluding hydrogens is 312 g/mol. The highest BCUT2D eigenvalue weighted by atomic mass is 32.2. The first-order chi connectivity index (χ1) is 11.1. The van der Waals surface area contributed by atoms with Gasteiger partial charge in [-0.25, -0.2) is 8.42 Å². The Hall–Kier alpha value is -2.21. The van der Waals surface area contributed by atoms with Gasteiger partial charge in [0.25, 0.3) is 10.0 Å². The Labute approximate surface area is 137 Å². The Kier molecular flexibility index (Phi) is 5.87. The Morgan fingerprint density at radius 3 is 2.43 bits per heavy atom. The smallest absolute Gasteiger partial charge is 0.261 e. The van der Waals surface area contributed by atoms with Crippen molar-refractivity contribution in [2.45, 2.75) is 25.2 Å². The number of ether oxygens (including phenoxy) is 1. The highest BCUT2D eigenvalue weighted by Gasteiger charge is 2.14. The second kappa shape index (κ2) is 7.87. The van der Waals surface area contributed by atoms with Gasteiger partial charge in [0, 0.05) is 6.54 Å². The lowest BCUT2D eigenvalue weighted by molar-refractivity contribution is 0.342. The summed E-state index contributed by atoms with van der Waals surface area (Å²) < 4.78 is 32.9. The molecule has 5 nitrogen and oxygen atoms in total. The summed E-state index contributed by atoms with van der Waals surface area (Å²) in [5, 5.41) is 3.25. The van der Waals surface area contributed by atoms with Crippen LogP contribution in [0.15, 0.2) is 53.4 Å². The zero-order valence-corrected chi connectivity index (χ0v) is 14.2. The van der Waals surface area contributed by atoms with Gasteiger partial charge < -0.3 is 10.1 Å².